The summed E-state index contributed by atoms with van der Waals surface area (Å²) in [4.78, 5) is 8.65. The molecule has 0 radical (unpaired) electrons. The second-order valence-corrected chi connectivity index (χ2v) is 4.87. The minimum Gasteiger partial charge on any atom is -0.454 e. The standard InChI is InChI=1S/C14H16N4O3/c1-8(2)14-16-12(18-15)6-13(17-14)21-9-3-4-10-11(5-9)20-7-19-10/h3-6,8H,7,15H2,1-2H3,(H,16,17,18). The van der Waals surface area contributed by atoms with Crippen molar-refractivity contribution in [3.05, 3.63) is 30.1 Å². The first kappa shape index (κ1) is 13.4. The fourth-order valence-corrected chi connectivity index (χ4v) is 1.89. The van der Waals surface area contributed by atoms with Crippen LogP contribution in [0.3, 0.4) is 0 Å². The normalized spacial score (nSPS) is 12.6. The number of nitrogens with two attached hydrogens (primary N) is 1. The molecule has 7 nitrogen and oxygen atoms in total. The van der Waals surface area contributed by atoms with Gasteiger partial charge in [0.15, 0.2) is 11.5 Å². The molecule has 0 unspecified atom stereocenters. The number of anilines is 1. The summed E-state index contributed by atoms with van der Waals surface area (Å²) in [5.41, 5.74) is 2.51. The Bertz CT molecular complexity index is 661. The molecule has 0 saturated carbocycles. The third kappa shape index (κ3) is 2.82. The highest BCUT2D eigenvalue weighted by Crippen LogP contribution is 2.36. The minimum atomic E-state index is 0.164. The summed E-state index contributed by atoms with van der Waals surface area (Å²) >= 11 is 0. The molecule has 3 rings (SSSR count). The summed E-state index contributed by atoms with van der Waals surface area (Å²) in [6.45, 7) is 4.23. The third-order valence-electron chi connectivity index (χ3n) is 2.95. The number of hydrazine groups is 1. The van der Waals surface area contributed by atoms with E-state index >= 15 is 0 Å². The molecule has 2 heterocycles. The Morgan fingerprint density at radius 1 is 1.19 bits per heavy atom. The van der Waals surface area contributed by atoms with Gasteiger partial charge in [-0.25, -0.2) is 10.8 Å². The van der Waals surface area contributed by atoms with Crippen molar-refractivity contribution < 1.29 is 14.2 Å². The zero-order valence-electron chi connectivity index (χ0n) is 11.8. The first-order chi connectivity index (χ1) is 10.2. The van der Waals surface area contributed by atoms with Gasteiger partial charge in [-0.3, -0.25) is 0 Å². The number of hydrogen-bond donors (Lipinski definition) is 2. The van der Waals surface area contributed by atoms with Crippen LogP contribution in [0.1, 0.15) is 25.6 Å². The summed E-state index contributed by atoms with van der Waals surface area (Å²) in [5.74, 6) is 9.13. The van der Waals surface area contributed by atoms with E-state index in [0.717, 1.165) is 0 Å². The van der Waals surface area contributed by atoms with Crippen molar-refractivity contribution in [2.75, 3.05) is 12.2 Å². The molecule has 0 aliphatic carbocycles. The van der Waals surface area contributed by atoms with Gasteiger partial charge in [0.05, 0.1) is 0 Å². The third-order valence-corrected chi connectivity index (χ3v) is 2.95. The first-order valence-electron chi connectivity index (χ1n) is 6.59. The van der Waals surface area contributed by atoms with Crippen molar-refractivity contribution in [2.45, 2.75) is 19.8 Å². The number of nitrogen functional groups attached to an aromatic ring is 1. The molecule has 0 spiro atoms. The van der Waals surface area contributed by atoms with E-state index in [1.54, 1.807) is 24.3 Å². The van der Waals surface area contributed by atoms with Gasteiger partial charge in [-0.15, -0.1) is 0 Å². The lowest BCUT2D eigenvalue weighted by atomic mass is 10.2. The molecule has 0 bridgehead atoms. The van der Waals surface area contributed by atoms with Gasteiger partial charge in [-0.05, 0) is 12.1 Å². The molecule has 1 aromatic heterocycles. The molecule has 7 heteroatoms. The van der Waals surface area contributed by atoms with Gasteiger partial charge in [0, 0.05) is 18.1 Å². The van der Waals surface area contributed by atoms with E-state index in [0.29, 0.717) is 34.8 Å². The average Bonchev–Trinajstić information content (AvgIpc) is 2.94. The van der Waals surface area contributed by atoms with Gasteiger partial charge in [-0.2, -0.15) is 4.98 Å². The lowest BCUT2D eigenvalue weighted by Crippen LogP contribution is -2.11. The zero-order valence-corrected chi connectivity index (χ0v) is 11.8. The highest BCUT2D eigenvalue weighted by molar-refractivity contribution is 5.48. The van der Waals surface area contributed by atoms with Gasteiger partial charge in [-0.1, -0.05) is 13.8 Å². The molecule has 0 atom stereocenters. The maximum absolute atomic E-state index is 5.75. The fraction of sp³-hybridized carbons (Fsp3) is 0.286. The molecule has 1 aromatic carbocycles. The molecule has 0 saturated heterocycles. The van der Waals surface area contributed by atoms with Crippen molar-refractivity contribution in [3.63, 3.8) is 0 Å². The number of rotatable bonds is 4. The van der Waals surface area contributed by atoms with Crippen molar-refractivity contribution in [2.24, 2.45) is 5.84 Å². The number of nitrogens with one attached hydrogen (secondary N) is 1. The van der Waals surface area contributed by atoms with Crippen LogP contribution < -0.4 is 25.5 Å². The minimum absolute atomic E-state index is 0.164. The van der Waals surface area contributed by atoms with Crippen molar-refractivity contribution in [1.29, 1.82) is 0 Å². The Balaban J connectivity index is 1.88. The quantitative estimate of drug-likeness (QED) is 0.659. The Kier molecular flexibility index (Phi) is 3.49. The Morgan fingerprint density at radius 3 is 2.76 bits per heavy atom. The van der Waals surface area contributed by atoms with Gasteiger partial charge in [0.1, 0.15) is 17.4 Å². The Labute approximate surface area is 122 Å². The van der Waals surface area contributed by atoms with Crippen LogP contribution in [0.2, 0.25) is 0 Å². The second-order valence-electron chi connectivity index (χ2n) is 4.87. The zero-order chi connectivity index (χ0) is 14.8. The maximum atomic E-state index is 5.75. The summed E-state index contributed by atoms with van der Waals surface area (Å²) in [7, 11) is 0. The highest BCUT2D eigenvalue weighted by Gasteiger charge is 2.15. The number of aromatic nitrogens is 2. The number of ether oxygens (including phenoxy) is 3. The van der Waals surface area contributed by atoms with E-state index in [1.165, 1.54) is 0 Å². The van der Waals surface area contributed by atoms with Crippen LogP contribution in [0.25, 0.3) is 0 Å². The molecule has 0 fully saturated rings. The number of nitrogens with zero attached hydrogens (tertiary/aromatic N) is 2. The lowest BCUT2D eigenvalue weighted by molar-refractivity contribution is 0.174. The van der Waals surface area contributed by atoms with Gasteiger partial charge in [0.25, 0.3) is 0 Å². The van der Waals surface area contributed by atoms with Crippen LogP contribution in [0.4, 0.5) is 5.82 Å². The average molecular weight is 288 g/mol. The predicted molar refractivity (Wildman–Crippen MR) is 76.6 cm³/mol. The summed E-state index contributed by atoms with van der Waals surface area (Å²) in [6, 6.07) is 6.98. The molecule has 1 aliphatic rings. The van der Waals surface area contributed by atoms with Crippen molar-refractivity contribution >= 4 is 5.82 Å². The lowest BCUT2D eigenvalue weighted by Gasteiger charge is -2.10. The van der Waals surface area contributed by atoms with E-state index in [-0.39, 0.29) is 12.7 Å². The van der Waals surface area contributed by atoms with Crippen molar-refractivity contribution in [1.82, 2.24) is 9.97 Å². The van der Waals surface area contributed by atoms with E-state index in [2.05, 4.69) is 15.4 Å². The van der Waals surface area contributed by atoms with E-state index in [9.17, 15) is 0 Å². The predicted octanol–water partition coefficient (Wildman–Crippen LogP) is 2.41. The largest absolute Gasteiger partial charge is 0.454 e. The molecular weight excluding hydrogens is 272 g/mol. The number of fused-ring (bicyclic) bond motifs is 1. The van der Waals surface area contributed by atoms with Crippen LogP contribution >= 0.6 is 0 Å². The monoisotopic (exact) mass is 288 g/mol. The second kappa shape index (κ2) is 5.45. The topological polar surface area (TPSA) is 91.5 Å². The summed E-state index contributed by atoms with van der Waals surface area (Å²) < 4.78 is 16.3. The molecule has 1 aliphatic heterocycles. The molecule has 2 aromatic rings. The van der Waals surface area contributed by atoms with Crippen LogP contribution in [0.5, 0.6) is 23.1 Å². The molecule has 3 N–H and O–H groups in total. The maximum Gasteiger partial charge on any atom is 0.231 e. The van der Waals surface area contributed by atoms with Crippen LogP contribution in [-0.4, -0.2) is 16.8 Å². The summed E-state index contributed by atoms with van der Waals surface area (Å²) in [5, 5.41) is 0. The van der Waals surface area contributed by atoms with Gasteiger partial charge < -0.3 is 19.6 Å². The Hall–Kier alpha value is -2.54. The van der Waals surface area contributed by atoms with Gasteiger partial charge >= 0.3 is 0 Å². The Morgan fingerprint density at radius 2 is 2.00 bits per heavy atom. The highest BCUT2D eigenvalue weighted by atomic mass is 16.7. The molecule has 21 heavy (non-hydrogen) atoms. The smallest absolute Gasteiger partial charge is 0.231 e. The van der Waals surface area contributed by atoms with E-state index in [4.69, 9.17) is 20.1 Å². The first-order valence-corrected chi connectivity index (χ1v) is 6.59. The summed E-state index contributed by atoms with van der Waals surface area (Å²) in [6.07, 6.45) is 0. The molecular formula is C14H16N4O3. The van der Waals surface area contributed by atoms with E-state index in [1.807, 2.05) is 13.8 Å². The SMILES string of the molecule is CC(C)c1nc(NN)cc(Oc2ccc3c(c2)OCO3)n1. The van der Waals surface area contributed by atoms with E-state index < -0.39 is 0 Å². The van der Waals surface area contributed by atoms with Gasteiger partial charge in [0.2, 0.25) is 12.7 Å². The van der Waals surface area contributed by atoms with Crippen LogP contribution in [0.15, 0.2) is 24.3 Å². The molecule has 0 amide bonds. The number of hydrogen-bond acceptors (Lipinski definition) is 7. The van der Waals surface area contributed by atoms with Crippen LogP contribution in [-0.2, 0) is 0 Å². The fourth-order valence-electron chi connectivity index (χ4n) is 1.89. The van der Waals surface area contributed by atoms with Crippen LogP contribution in [0, 0.1) is 0 Å². The number of benzene rings is 1. The van der Waals surface area contributed by atoms with Crippen molar-refractivity contribution in [3.8, 4) is 23.1 Å². The molecule has 110 valence electrons.